The summed E-state index contributed by atoms with van der Waals surface area (Å²) in [5.41, 5.74) is 0. The molecular formula is C11H22F2N2. The Hall–Kier alpha value is -0.220. The normalized spacial score (nSPS) is 21.8. The Morgan fingerprint density at radius 1 is 1.20 bits per heavy atom. The molecule has 0 aromatic carbocycles. The Kier molecular flexibility index (Phi) is 5.47. The number of hydrogen-bond acceptors (Lipinski definition) is 2. The van der Waals surface area contributed by atoms with Gasteiger partial charge in [0.1, 0.15) is 0 Å². The van der Waals surface area contributed by atoms with E-state index in [1.54, 1.807) is 0 Å². The van der Waals surface area contributed by atoms with Gasteiger partial charge in [-0.05, 0) is 51.9 Å². The molecule has 0 atom stereocenters. The van der Waals surface area contributed by atoms with Crippen molar-refractivity contribution < 1.29 is 8.78 Å². The zero-order valence-electron chi connectivity index (χ0n) is 9.49. The molecule has 15 heavy (non-hydrogen) atoms. The standard InChI is InChI=1S/C11H22F2N2/c1-14-7-2-8-15-9-10-3-5-11(12,13)6-4-10/h10,14-15H,2-9H2,1H3. The van der Waals surface area contributed by atoms with Crippen molar-refractivity contribution in [3.05, 3.63) is 0 Å². The fraction of sp³-hybridized carbons (Fsp3) is 1.00. The van der Waals surface area contributed by atoms with Gasteiger partial charge in [0, 0.05) is 12.8 Å². The van der Waals surface area contributed by atoms with Gasteiger partial charge in [-0.25, -0.2) is 8.78 Å². The van der Waals surface area contributed by atoms with Gasteiger partial charge in [-0.2, -0.15) is 0 Å². The lowest BCUT2D eigenvalue weighted by molar-refractivity contribution is -0.0454. The molecule has 1 saturated carbocycles. The summed E-state index contributed by atoms with van der Waals surface area (Å²) in [6.45, 7) is 2.89. The van der Waals surface area contributed by atoms with E-state index in [2.05, 4.69) is 10.6 Å². The first-order valence-corrected chi connectivity index (χ1v) is 5.87. The smallest absolute Gasteiger partial charge is 0.248 e. The summed E-state index contributed by atoms with van der Waals surface area (Å²) in [7, 11) is 1.93. The molecule has 0 bridgehead atoms. The van der Waals surface area contributed by atoms with Gasteiger partial charge in [0.25, 0.3) is 0 Å². The average Bonchev–Trinajstić information content (AvgIpc) is 2.20. The summed E-state index contributed by atoms with van der Waals surface area (Å²) in [5.74, 6) is -1.93. The highest BCUT2D eigenvalue weighted by Crippen LogP contribution is 2.35. The summed E-state index contributed by atoms with van der Waals surface area (Å²) in [6.07, 6.45) is 2.60. The summed E-state index contributed by atoms with van der Waals surface area (Å²) < 4.78 is 25.7. The first kappa shape index (κ1) is 12.8. The maximum atomic E-state index is 12.8. The molecule has 0 amide bonds. The van der Waals surface area contributed by atoms with E-state index in [0.29, 0.717) is 18.8 Å². The third-order valence-corrected chi connectivity index (χ3v) is 3.05. The minimum absolute atomic E-state index is 0.0792. The van der Waals surface area contributed by atoms with Crippen molar-refractivity contribution in [2.75, 3.05) is 26.7 Å². The molecule has 4 heteroatoms. The Balaban J connectivity index is 1.99. The Morgan fingerprint density at radius 3 is 2.47 bits per heavy atom. The van der Waals surface area contributed by atoms with E-state index in [-0.39, 0.29) is 12.8 Å². The van der Waals surface area contributed by atoms with Gasteiger partial charge in [0.15, 0.2) is 0 Å². The Morgan fingerprint density at radius 2 is 1.87 bits per heavy atom. The monoisotopic (exact) mass is 220 g/mol. The molecular weight excluding hydrogens is 198 g/mol. The third-order valence-electron chi connectivity index (χ3n) is 3.05. The van der Waals surface area contributed by atoms with Crippen molar-refractivity contribution in [1.82, 2.24) is 10.6 Å². The lowest BCUT2D eigenvalue weighted by Crippen LogP contribution is -2.31. The highest BCUT2D eigenvalue weighted by molar-refractivity contribution is 4.78. The summed E-state index contributed by atoms with van der Waals surface area (Å²) in [4.78, 5) is 0. The third kappa shape index (κ3) is 5.42. The van der Waals surface area contributed by atoms with Crippen LogP contribution in [0.5, 0.6) is 0 Å². The van der Waals surface area contributed by atoms with Crippen LogP contribution < -0.4 is 10.6 Å². The quantitative estimate of drug-likeness (QED) is 0.669. The van der Waals surface area contributed by atoms with Gasteiger partial charge >= 0.3 is 0 Å². The van der Waals surface area contributed by atoms with Gasteiger partial charge in [0.05, 0.1) is 0 Å². The highest BCUT2D eigenvalue weighted by atomic mass is 19.3. The molecule has 0 saturated heterocycles. The van der Waals surface area contributed by atoms with Crippen LogP contribution >= 0.6 is 0 Å². The lowest BCUT2D eigenvalue weighted by atomic mass is 9.87. The molecule has 0 aromatic rings. The van der Waals surface area contributed by atoms with Crippen molar-refractivity contribution in [2.45, 2.75) is 38.0 Å². The molecule has 1 aliphatic carbocycles. The largest absolute Gasteiger partial charge is 0.320 e. The highest BCUT2D eigenvalue weighted by Gasteiger charge is 2.34. The van der Waals surface area contributed by atoms with Gasteiger partial charge in [0.2, 0.25) is 5.92 Å². The molecule has 2 nitrogen and oxygen atoms in total. The summed E-state index contributed by atoms with van der Waals surface area (Å²) in [5, 5.41) is 6.41. The van der Waals surface area contributed by atoms with Crippen molar-refractivity contribution in [3.63, 3.8) is 0 Å². The number of alkyl halides is 2. The van der Waals surface area contributed by atoms with E-state index in [0.717, 1.165) is 26.1 Å². The molecule has 0 spiro atoms. The topological polar surface area (TPSA) is 24.1 Å². The number of hydrogen-bond donors (Lipinski definition) is 2. The average molecular weight is 220 g/mol. The van der Waals surface area contributed by atoms with Gasteiger partial charge < -0.3 is 10.6 Å². The fourth-order valence-corrected chi connectivity index (χ4v) is 2.00. The van der Waals surface area contributed by atoms with Crippen LogP contribution in [0.3, 0.4) is 0 Å². The first-order chi connectivity index (χ1) is 7.14. The fourth-order valence-electron chi connectivity index (χ4n) is 2.00. The summed E-state index contributed by atoms with van der Waals surface area (Å²) in [6, 6.07) is 0. The Bertz CT molecular complexity index is 164. The molecule has 0 radical (unpaired) electrons. The van der Waals surface area contributed by atoms with Crippen LogP contribution in [0, 0.1) is 5.92 Å². The van der Waals surface area contributed by atoms with E-state index in [1.807, 2.05) is 7.05 Å². The molecule has 0 aliphatic heterocycles. The molecule has 1 rings (SSSR count). The van der Waals surface area contributed by atoms with Crippen molar-refractivity contribution >= 4 is 0 Å². The predicted octanol–water partition coefficient (Wildman–Crippen LogP) is 2.01. The van der Waals surface area contributed by atoms with Gasteiger partial charge in [-0.1, -0.05) is 0 Å². The maximum Gasteiger partial charge on any atom is 0.248 e. The maximum absolute atomic E-state index is 12.8. The van der Waals surface area contributed by atoms with Crippen molar-refractivity contribution in [2.24, 2.45) is 5.92 Å². The molecule has 1 aliphatic rings. The van der Waals surface area contributed by atoms with E-state index in [9.17, 15) is 8.78 Å². The SMILES string of the molecule is CNCCCNCC1CCC(F)(F)CC1. The second-order valence-electron chi connectivity index (χ2n) is 4.46. The zero-order valence-corrected chi connectivity index (χ0v) is 9.49. The van der Waals surface area contributed by atoms with Crippen LogP contribution in [-0.2, 0) is 0 Å². The predicted molar refractivity (Wildman–Crippen MR) is 58.3 cm³/mol. The number of nitrogens with one attached hydrogen (secondary N) is 2. The van der Waals surface area contributed by atoms with Crippen molar-refractivity contribution in [1.29, 1.82) is 0 Å². The van der Waals surface area contributed by atoms with Crippen LogP contribution in [0.2, 0.25) is 0 Å². The molecule has 0 aromatic heterocycles. The van der Waals surface area contributed by atoms with Crippen molar-refractivity contribution in [3.8, 4) is 0 Å². The minimum atomic E-state index is -2.39. The second kappa shape index (κ2) is 6.38. The van der Waals surface area contributed by atoms with Crippen LogP contribution in [0.4, 0.5) is 8.78 Å². The van der Waals surface area contributed by atoms with Crippen LogP contribution in [0.15, 0.2) is 0 Å². The van der Waals surface area contributed by atoms with Crippen LogP contribution in [0.25, 0.3) is 0 Å². The molecule has 2 N–H and O–H groups in total. The van der Waals surface area contributed by atoms with Gasteiger partial charge in [-0.15, -0.1) is 0 Å². The van der Waals surface area contributed by atoms with E-state index in [4.69, 9.17) is 0 Å². The Labute approximate surface area is 90.8 Å². The second-order valence-corrected chi connectivity index (χ2v) is 4.46. The first-order valence-electron chi connectivity index (χ1n) is 5.87. The van der Waals surface area contributed by atoms with E-state index in [1.165, 1.54) is 0 Å². The molecule has 90 valence electrons. The van der Waals surface area contributed by atoms with E-state index < -0.39 is 5.92 Å². The molecule has 1 fully saturated rings. The number of rotatable bonds is 6. The van der Waals surface area contributed by atoms with E-state index >= 15 is 0 Å². The number of halogens is 2. The minimum Gasteiger partial charge on any atom is -0.320 e. The van der Waals surface area contributed by atoms with Crippen LogP contribution in [0.1, 0.15) is 32.1 Å². The van der Waals surface area contributed by atoms with Crippen LogP contribution in [-0.4, -0.2) is 32.6 Å². The zero-order chi connectivity index (χ0) is 11.1. The van der Waals surface area contributed by atoms with Gasteiger partial charge in [-0.3, -0.25) is 0 Å². The lowest BCUT2D eigenvalue weighted by Gasteiger charge is -2.28. The molecule has 0 heterocycles. The molecule has 0 unspecified atom stereocenters. The summed E-state index contributed by atoms with van der Waals surface area (Å²) >= 11 is 0.